The summed E-state index contributed by atoms with van der Waals surface area (Å²) in [6.45, 7) is 0.656. The Bertz CT molecular complexity index is 830. The maximum atomic E-state index is 12.3. The molecule has 0 radical (unpaired) electrons. The van der Waals surface area contributed by atoms with Crippen molar-refractivity contribution in [2.75, 3.05) is 27.7 Å². The van der Waals surface area contributed by atoms with Gasteiger partial charge in [-0.15, -0.1) is 0 Å². The Kier molecular flexibility index (Phi) is 6.30. The summed E-state index contributed by atoms with van der Waals surface area (Å²) in [5.74, 6) is 0.614. The molecule has 2 aromatic carbocycles. The van der Waals surface area contributed by atoms with E-state index >= 15 is 0 Å². The third-order valence-corrected chi connectivity index (χ3v) is 5.52. The van der Waals surface area contributed by atoms with Crippen LogP contribution in [0.15, 0.2) is 53.4 Å². The molecule has 0 spiro atoms. The number of carbonyl (C=O) groups excluding carboxylic acids is 1. The molecule has 0 atom stereocenters. The van der Waals surface area contributed by atoms with E-state index in [9.17, 15) is 13.2 Å². The highest BCUT2D eigenvalue weighted by atomic mass is 32.2. The average Bonchev–Trinajstić information content (AvgIpc) is 2.62. The second-order valence-corrected chi connectivity index (χ2v) is 7.84. The van der Waals surface area contributed by atoms with E-state index in [0.29, 0.717) is 12.1 Å². The van der Waals surface area contributed by atoms with Crippen LogP contribution in [0, 0.1) is 0 Å². The fourth-order valence-electron chi connectivity index (χ4n) is 2.21. The zero-order chi connectivity index (χ0) is 18.4. The first-order valence-electron chi connectivity index (χ1n) is 7.74. The summed E-state index contributed by atoms with van der Waals surface area (Å²) in [5, 5.41) is 3.07. The SMILES string of the molecule is COc1ccc(CNCC(=O)c2cccc(S(=O)(=O)N(C)C)c2)cc1. The first kappa shape index (κ1) is 19.1. The first-order valence-corrected chi connectivity index (χ1v) is 9.18. The molecule has 0 aliphatic rings. The molecule has 0 saturated carbocycles. The zero-order valence-electron chi connectivity index (χ0n) is 14.5. The van der Waals surface area contributed by atoms with Crippen LogP contribution in [-0.4, -0.2) is 46.3 Å². The van der Waals surface area contributed by atoms with Gasteiger partial charge in [-0.2, -0.15) is 0 Å². The van der Waals surface area contributed by atoms with Gasteiger partial charge in [0.25, 0.3) is 0 Å². The minimum Gasteiger partial charge on any atom is -0.497 e. The number of Topliss-reactive ketones (excluding diaryl/α,β-unsaturated/α-hetero) is 1. The smallest absolute Gasteiger partial charge is 0.242 e. The normalized spacial score (nSPS) is 11.5. The van der Waals surface area contributed by atoms with Crippen LogP contribution in [0.4, 0.5) is 0 Å². The number of carbonyl (C=O) groups is 1. The molecular weight excluding hydrogens is 340 g/mol. The Hall–Kier alpha value is -2.22. The predicted octanol–water partition coefficient (Wildman–Crippen LogP) is 1.92. The maximum absolute atomic E-state index is 12.3. The van der Waals surface area contributed by atoms with Crippen molar-refractivity contribution in [2.24, 2.45) is 0 Å². The molecule has 2 aromatic rings. The number of nitrogens with one attached hydrogen (secondary N) is 1. The van der Waals surface area contributed by atoms with Crippen molar-refractivity contribution < 1.29 is 17.9 Å². The Labute approximate surface area is 148 Å². The van der Waals surface area contributed by atoms with E-state index in [1.807, 2.05) is 24.3 Å². The number of ketones is 1. The van der Waals surface area contributed by atoms with Gasteiger partial charge in [0.15, 0.2) is 5.78 Å². The third kappa shape index (κ3) is 4.88. The summed E-state index contributed by atoms with van der Waals surface area (Å²) < 4.78 is 30.5. The van der Waals surface area contributed by atoms with Crippen molar-refractivity contribution >= 4 is 15.8 Å². The molecule has 1 N–H and O–H groups in total. The van der Waals surface area contributed by atoms with Crippen LogP contribution in [0.2, 0.25) is 0 Å². The second kappa shape index (κ2) is 8.24. The van der Waals surface area contributed by atoms with Gasteiger partial charge in [0, 0.05) is 26.2 Å². The highest BCUT2D eigenvalue weighted by Gasteiger charge is 2.18. The first-order chi connectivity index (χ1) is 11.8. The lowest BCUT2D eigenvalue weighted by Crippen LogP contribution is -2.24. The molecule has 0 unspecified atom stereocenters. The van der Waals surface area contributed by atoms with E-state index < -0.39 is 10.0 Å². The Balaban J connectivity index is 1.99. The van der Waals surface area contributed by atoms with Crippen LogP contribution < -0.4 is 10.1 Å². The van der Waals surface area contributed by atoms with Crippen molar-refractivity contribution in [1.82, 2.24) is 9.62 Å². The predicted molar refractivity (Wildman–Crippen MR) is 96.3 cm³/mol. The van der Waals surface area contributed by atoms with Crippen molar-refractivity contribution in [2.45, 2.75) is 11.4 Å². The summed E-state index contributed by atoms with van der Waals surface area (Å²) in [5.41, 5.74) is 1.39. The summed E-state index contributed by atoms with van der Waals surface area (Å²) in [6.07, 6.45) is 0. The van der Waals surface area contributed by atoms with Crippen LogP contribution in [-0.2, 0) is 16.6 Å². The molecular formula is C18H22N2O4S. The lowest BCUT2D eigenvalue weighted by molar-refractivity contribution is 0.0990. The fraction of sp³-hybridized carbons (Fsp3) is 0.278. The number of hydrogen-bond donors (Lipinski definition) is 1. The van der Waals surface area contributed by atoms with Gasteiger partial charge in [0.1, 0.15) is 5.75 Å². The summed E-state index contributed by atoms with van der Waals surface area (Å²) in [7, 11) is 0.971. The molecule has 7 heteroatoms. The number of nitrogens with zero attached hydrogens (tertiary/aromatic N) is 1. The van der Waals surface area contributed by atoms with Crippen LogP contribution >= 0.6 is 0 Å². The molecule has 0 fully saturated rings. The maximum Gasteiger partial charge on any atom is 0.242 e. The number of sulfonamides is 1. The number of methoxy groups -OCH3 is 1. The van der Waals surface area contributed by atoms with E-state index in [1.165, 1.54) is 26.2 Å². The number of hydrogen-bond acceptors (Lipinski definition) is 5. The van der Waals surface area contributed by atoms with Crippen molar-refractivity contribution in [1.29, 1.82) is 0 Å². The van der Waals surface area contributed by atoms with Crippen molar-refractivity contribution in [3.63, 3.8) is 0 Å². The Morgan fingerprint density at radius 2 is 1.80 bits per heavy atom. The van der Waals surface area contributed by atoms with Gasteiger partial charge in [-0.25, -0.2) is 12.7 Å². The lowest BCUT2D eigenvalue weighted by atomic mass is 10.1. The molecule has 0 aromatic heterocycles. The Morgan fingerprint density at radius 3 is 2.40 bits per heavy atom. The fourth-order valence-corrected chi connectivity index (χ4v) is 3.15. The molecule has 0 saturated heterocycles. The van der Waals surface area contributed by atoms with E-state index in [0.717, 1.165) is 15.6 Å². The summed E-state index contributed by atoms with van der Waals surface area (Å²) >= 11 is 0. The van der Waals surface area contributed by atoms with Crippen LogP contribution in [0.1, 0.15) is 15.9 Å². The van der Waals surface area contributed by atoms with Gasteiger partial charge < -0.3 is 10.1 Å². The van der Waals surface area contributed by atoms with E-state index in [-0.39, 0.29) is 17.2 Å². The summed E-state index contributed by atoms with van der Waals surface area (Å²) in [4.78, 5) is 12.4. The second-order valence-electron chi connectivity index (χ2n) is 5.69. The minimum atomic E-state index is -3.55. The highest BCUT2D eigenvalue weighted by Crippen LogP contribution is 2.15. The molecule has 0 heterocycles. The minimum absolute atomic E-state index is 0.110. The average molecular weight is 362 g/mol. The lowest BCUT2D eigenvalue weighted by Gasteiger charge is -2.12. The van der Waals surface area contributed by atoms with E-state index in [4.69, 9.17) is 4.74 Å². The van der Waals surface area contributed by atoms with Crippen molar-refractivity contribution in [3.05, 3.63) is 59.7 Å². The number of benzene rings is 2. The van der Waals surface area contributed by atoms with Crippen LogP contribution in [0.3, 0.4) is 0 Å². The van der Waals surface area contributed by atoms with Gasteiger partial charge in [0.05, 0.1) is 18.6 Å². The van der Waals surface area contributed by atoms with Gasteiger partial charge in [0.2, 0.25) is 10.0 Å². The topological polar surface area (TPSA) is 75.7 Å². The molecule has 134 valence electrons. The largest absolute Gasteiger partial charge is 0.497 e. The molecule has 0 aliphatic carbocycles. The molecule has 2 rings (SSSR count). The van der Waals surface area contributed by atoms with Gasteiger partial charge in [-0.05, 0) is 29.8 Å². The number of ether oxygens (including phenoxy) is 1. The van der Waals surface area contributed by atoms with E-state index in [2.05, 4.69) is 5.32 Å². The molecule has 0 amide bonds. The highest BCUT2D eigenvalue weighted by molar-refractivity contribution is 7.89. The molecule has 0 aliphatic heterocycles. The molecule has 0 bridgehead atoms. The van der Waals surface area contributed by atoms with Crippen LogP contribution in [0.25, 0.3) is 0 Å². The Morgan fingerprint density at radius 1 is 1.12 bits per heavy atom. The van der Waals surface area contributed by atoms with Crippen LogP contribution in [0.5, 0.6) is 5.75 Å². The summed E-state index contributed by atoms with van der Waals surface area (Å²) in [6, 6.07) is 13.6. The zero-order valence-corrected chi connectivity index (χ0v) is 15.3. The van der Waals surface area contributed by atoms with E-state index in [1.54, 1.807) is 19.2 Å². The third-order valence-electron chi connectivity index (χ3n) is 3.71. The monoisotopic (exact) mass is 362 g/mol. The van der Waals surface area contributed by atoms with Crippen molar-refractivity contribution in [3.8, 4) is 5.75 Å². The van der Waals surface area contributed by atoms with Gasteiger partial charge >= 0.3 is 0 Å². The quantitative estimate of drug-likeness (QED) is 0.726. The van der Waals surface area contributed by atoms with Gasteiger partial charge in [-0.3, -0.25) is 4.79 Å². The molecule has 25 heavy (non-hydrogen) atoms. The molecule has 6 nitrogen and oxygen atoms in total. The standard InChI is InChI=1S/C18H22N2O4S/c1-20(2)25(22,23)17-6-4-5-15(11-17)18(21)13-19-12-14-7-9-16(24-3)10-8-14/h4-11,19H,12-13H2,1-3H3. The number of rotatable bonds is 8. The van der Waals surface area contributed by atoms with Gasteiger partial charge in [-0.1, -0.05) is 24.3 Å².